The molecule has 1 unspecified atom stereocenters. The van der Waals surface area contributed by atoms with Gasteiger partial charge in [0.2, 0.25) is 5.91 Å². The summed E-state index contributed by atoms with van der Waals surface area (Å²) in [7, 11) is 0. The van der Waals surface area contributed by atoms with Crippen molar-refractivity contribution in [3.63, 3.8) is 0 Å². The third-order valence-corrected chi connectivity index (χ3v) is 3.88. The van der Waals surface area contributed by atoms with Crippen LogP contribution in [0.25, 0.3) is 0 Å². The second-order valence-electron chi connectivity index (χ2n) is 6.51. The largest absolute Gasteiger partial charge is 0.392 e. The number of hydrogen-bond donors (Lipinski definition) is 0. The predicted molar refractivity (Wildman–Crippen MR) is 68.9 cm³/mol. The van der Waals surface area contributed by atoms with E-state index in [1.165, 1.54) is 0 Å². The summed E-state index contributed by atoms with van der Waals surface area (Å²) in [4.78, 5) is 13.7. The number of halogens is 4. The highest BCUT2D eigenvalue weighted by atomic mass is 19.4. The highest BCUT2D eigenvalue weighted by molar-refractivity contribution is 5.81. The van der Waals surface area contributed by atoms with Crippen LogP contribution in [-0.2, 0) is 4.79 Å². The summed E-state index contributed by atoms with van der Waals surface area (Å²) in [5, 5.41) is 0. The molecule has 1 heterocycles. The van der Waals surface area contributed by atoms with E-state index in [0.717, 1.165) is 0 Å². The second kappa shape index (κ2) is 6.31. The lowest BCUT2D eigenvalue weighted by Crippen LogP contribution is -2.46. The zero-order valence-electron chi connectivity index (χ0n) is 12.3. The number of nitrogens with zero attached hydrogens (tertiary/aromatic N) is 1. The van der Waals surface area contributed by atoms with Crippen LogP contribution in [0.4, 0.5) is 17.6 Å². The van der Waals surface area contributed by atoms with Gasteiger partial charge in [0.15, 0.2) is 0 Å². The van der Waals surface area contributed by atoms with E-state index in [4.69, 9.17) is 0 Å². The van der Waals surface area contributed by atoms with Gasteiger partial charge in [0, 0.05) is 18.5 Å². The van der Waals surface area contributed by atoms with Gasteiger partial charge in [-0.1, -0.05) is 20.8 Å². The van der Waals surface area contributed by atoms with Crippen LogP contribution < -0.4 is 0 Å². The number of carbonyl (C=O) groups excluding carboxylic acids is 1. The number of hydrogen-bond acceptors (Lipinski definition) is 1. The van der Waals surface area contributed by atoms with E-state index < -0.39 is 36.5 Å². The van der Waals surface area contributed by atoms with Crippen molar-refractivity contribution in [2.24, 2.45) is 17.3 Å². The second-order valence-corrected chi connectivity index (χ2v) is 6.51. The molecule has 0 aromatic carbocycles. The first-order valence-electron chi connectivity index (χ1n) is 6.99. The van der Waals surface area contributed by atoms with Crippen LogP contribution in [0.2, 0.25) is 0 Å². The van der Waals surface area contributed by atoms with Gasteiger partial charge in [-0.3, -0.25) is 9.18 Å². The molecule has 1 aliphatic heterocycles. The van der Waals surface area contributed by atoms with Crippen molar-refractivity contribution in [2.75, 3.05) is 19.8 Å². The van der Waals surface area contributed by atoms with Crippen LogP contribution >= 0.6 is 0 Å². The topological polar surface area (TPSA) is 20.3 Å². The molecule has 0 saturated carbocycles. The summed E-state index contributed by atoms with van der Waals surface area (Å²) in [5.41, 5.74) is -0.519. The molecule has 1 saturated heterocycles. The molecule has 0 aliphatic carbocycles. The van der Waals surface area contributed by atoms with Crippen LogP contribution in [0.1, 0.15) is 40.0 Å². The monoisotopic (exact) mass is 297 g/mol. The SMILES string of the molecule is CC(C)(C)C(=O)N1CCC(C(CCF)C(F)(F)F)CC1. The molecule has 20 heavy (non-hydrogen) atoms. The minimum absolute atomic E-state index is 0.0370. The summed E-state index contributed by atoms with van der Waals surface area (Å²) in [6.45, 7) is 5.10. The van der Waals surface area contributed by atoms with Gasteiger partial charge >= 0.3 is 6.18 Å². The van der Waals surface area contributed by atoms with E-state index in [9.17, 15) is 22.4 Å². The minimum Gasteiger partial charge on any atom is -0.342 e. The zero-order valence-corrected chi connectivity index (χ0v) is 12.3. The highest BCUT2D eigenvalue weighted by Gasteiger charge is 2.45. The maximum absolute atomic E-state index is 12.9. The Hall–Kier alpha value is -0.810. The Morgan fingerprint density at radius 3 is 2.05 bits per heavy atom. The van der Waals surface area contributed by atoms with Crippen LogP contribution in [0.15, 0.2) is 0 Å². The van der Waals surface area contributed by atoms with Crippen molar-refractivity contribution in [2.45, 2.75) is 46.2 Å². The fraction of sp³-hybridized carbons (Fsp3) is 0.929. The first-order valence-corrected chi connectivity index (χ1v) is 6.99. The number of likely N-dealkylation sites (tertiary alicyclic amines) is 1. The van der Waals surface area contributed by atoms with Gasteiger partial charge < -0.3 is 4.90 Å². The molecule has 2 nitrogen and oxygen atoms in total. The third kappa shape index (κ3) is 4.35. The lowest BCUT2D eigenvalue weighted by molar-refractivity contribution is -0.195. The van der Waals surface area contributed by atoms with Crippen molar-refractivity contribution >= 4 is 5.91 Å². The van der Waals surface area contributed by atoms with Gasteiger partial charge in [-0.05, 0) is 25.2 Å². The predicted octanol–water partition coefficient (Wildman–Crippen LogP) is 3.81. The molecule has 0 aromatic rings. The Balaban J connectivity index is 2.63. The van der Waals surface area contributed by atoms with Gasteiger partial charge in [0.05, 0.1) is 12.6 Å². The average molecular weight is 297 g/mol. The summed E-state index contributed by atoms with van der Waals surface area (Å²) in [6, 6.07) is 0. The van der Waals surface area contributed by atoms with E-state index in [0.29, 0.717) is 25.9 Å². The standard InChI is InChI=1S/C14H23F4NO/c1-13(2,3)12(20)19-8-5-10(6-9-19)11(4-7-15)14(16,17)18/h10-11H,4-9H2,1-3H3. The van der Waals surface area contributed by atoms with Crippen molar-refractivity contribution in [1.82, 2.24) is 4.90 Å². The van der Waals surface area contributed by atoms with Gasteiger partial charge in [-0.15, -0.1) is 0 Å². The summed E-state index contributed by atoms with van der Waals surface area (Å²) >= 11 is 0. The van der Waals surface area contributed by atoms with Gasteiger partial charge in [0.1, 0.15) is 0 Å². The first kappa shape index (κ1) is 17.2. The number of piperidine rings is 1. The number of rotatable bonds is 3. The molecule has 0 aromatic heterocycles. The summed E-state index contributed by atoms with van der Waals surface area (Å²) in [5.74, 6) is -2.20. The normalized spacial score (nSPS) is 20.1. The van der Waals surface area contributed by atoms with Crippen LogP contribution in [0.3, 0.4) is 0 Å². The molecule has 6 heteroatoms. The quantitative estimate of drug-likeness (QED) is 0.725. The van der Waals surface area contributed by atoms with E-state index in [1.807, 2.05) is 0 Å². The molecule has 0 radical (unpaired) electrons. The van der Waals surface area contributed by atoms with Gasteiger partial charge in [-0.25, -0.2) is 0 Å². The molecular formula is C14H23F4NO. The fourth-order valence-corrected chi connectivity index (χ4v) is 2.76. The molecule has 1 amide bonds. The highest BCUT2D eigenvalue weighted by Crippen LogP contribution is 2.39. The molecule has 1 aliphatic rings. The molecule has 1 atom stereocenters. The maximum Gasteiger partial charge on any atom is 0.392 e. The Kier molecular flexibility index (Phi) is 5.44. The number of amides is 1. The molecular weight excluding hydrogens is 274 g/mol. The van der Waals surface area contributed by atoms with E-state index in [1.54, 1.807) is 25.7 Å². The third-order valence-electron chi connectivity index (χ3n) is 3.88. The van der Waals surface area contributed by atoms with Gasteiger partial charge in [0.25, 0.3) is 0 Å². The Labute approximate surface area is 117 Å². The lowest BCUT2D eigenvalue weighted by Gasteiger charge is -2.38. The Bertz CT molecular complexity index is 327. The average Bonchev–Trinajstić information content (AvgIpc) is 2.33. The molecule has 0 spiro atoms. The van der Waals surface area contributed by atoms with Gasteiger partial charge in [-0.2, -0.15) is 13.2 Å². The van der Waals surface area contributed by atoms with Crippen molar-refractivity contribution in [3.8, 4) is 0 Å². The number of carbonyl (C=O) groups is 1. The smallest absolute Gasteiger partial charge is 0.342 e. The Morgan fingerprint density at radius 1 is 1.20 bits per heavy atom. The van der Waals surface area contributed by atoms with Crippen molar-refractivity contribution in [3.05, 3.63) is 0 Å². The maximum atomic E-state index is 12.9. The fourth-order valence-electron chi connectivity index (χ4n) is 2.76. The molecule has 0 bridgehead atoms. The van der Waals surface area contributed by atoms with Crippen molar-refractivity contribution < 1.29 is 22.4 Å². The van der Waals surface area contributed by atoms with E-state index in [-0.39, 0.29) is 5.91 Å². The van der Waals surface area contributed by atoms with E-state index in [2.05, 4.69) is 0 Å². The minimum atomic E-state index is -4.35. The van der Waals surface area contributed by atoms with Crippen LogP contribution in [0, 0.1) is 17.3 Å². The van der Waals surface area contributed by atoms with Crippen LogP contribution in [-0.4, -0.2) is 36.7 Å². The van der Waals surface area contributed by atoms with Crippen LogP contribution in [0.5, 0.6) is 0 Å². The first-order chi connectivity index (χ1) is 9.07. The molecule has 0 N–H and O–H groups in total. The number of alkyl halides is 4. The Morgan fingerprint density at radius 2 is 1.70 bits per heavy atom. The zero-order chi connectivity index (χ0) is 15.6. The van der Waals surface area contributed by atoms with Crippen molar-refractivity contribution in [1.29, 1.82) is 0 Å². The molecule has 1 fully saturated rings. The lowest BCUT2D eigenvalue weighted by atomic mass is 9.81. The molecule has 118 valence electrons. The summed E-state index contributed by atoms with van der Waals surface area (Å²) < 4.78 is 51.0. The summed E-state index contributed by atoms with van der Waals surface area (Å²) in [6.07, 6.45) is -4.23. The molecule has 1 rings (SSSR count). The van der Waals surface area contributed by atoms with E-state index >= 15 is 0 Å².